The second kappa shape index (κ2) is 6.95. The minimum absolute atomic E-state index is 0.201. The predicted molar refractivity (Wildman–Crippen MR) is 89.7 cm³/mol. The van der Waals surface area contributed by atoms with E-state index < -0.39 is 11.4 Å². The maximum Gasteiger partial charge on any atom is 0.311 e. The van der Waals surface area contributed by atoms with Crippen molar-refractivity contribution in [2.45, 2.75) is 19.8 Å². The molecule has 1 amide bonds. The van der Waals surface area contributed by atoms with Crippen LogP contribution in [0.15, 0.2) is 24.8 Å². The zero-order chi connectivity index (χ0) is 17.9. The molecule has 6 heteroatoms. The van der Waals surface area contributed by atoms with E-state index in [2.05, 4.69) is 6.58 Å². The molecule has 2 rings (SSSR count). The quantitative estimate of drug-likeness (QED) is 0.809. The molecular formula is C18H23NO5. The van der Waals surface area contributed by atoms with Gasteiger partial charge in [0.25, 0.3) is 5.91 Å². The normalized spacial score (nSPS) is 19.9. The second-order valence-corrected chi connectivity index (χ2v) is 6.21. The van der Waals surface area contributed by atoms with Crippen LogP contribution < -0.4 is 9.47 Å². The van der Waals surface area contributed by atoms with Crippen molar-refractivity contribution >= 4 is 11.9 Å². The molecule has 1 saturated heterocycles. The number of benzene rings is 1. The van der Waals surface area contributed by atoms with Crippen molar-refractivity contribution in [2.24, 2.45) is 5.41 Å². The van der Waals surface area contributed by atoms with E-state index in [-0.39, 0.29) is 12.5 Å². The number of carbonyl (C=O) groups is 2. The van der Waals surface area contributed by atoms with E-state index in [0.717, 1.165) is 5.56 Å². The number of nitrogens with zero attached hydrogens (tertiary/aromatic N) is 1. The number of carboxylic acid groups (broad SMARTS) is 1. The lowest BCUT2D eigenvalue weighted by atomic mass is 9.90. The van der Waals surface area contributed by atoms with Gasteiger partial charge in [-0.3, -0.25) is 9.59 Å². The Kier molecular flexibility index (Phi) is 5.17. The molecule has 1 aromatic carbocycles. The number of likely N-dealkylation sites (tertiary alicyclic amines) is 1. The number of amides is 1. The van der Waals surface area contributed by atoms with E-state index >= 15 is 0 Å². The lowest BCUT2D eigenvalue weighted by Gasteiger charge is -2.21. The summed E-state index contributed by atoms with van der Waals surface area (Å²) in [6.45, 7) is 6.01. The number of methoxy groups -OCH3 is 2. The predicted octanol–water partition coefficient (Wildman–Crippen LogP) is 2.37. The van der Waals surface area contributed by atoms with Gasteiger partial charge >= 0.3 is 5.97 Å². The maximum atomic E-state index is 12.8. The highest BCUT2D eigenvalue weighted by atomic mass is 16.5. The lowest BCUT2D eigenvalue weighted by Crippen LogP contribution is -2.34. The van der Waals surface area contributed by atoms with Gasteiger partial charge in [-0.05, 0) is 31.9 Å². The molecule has 0 radical (unpaired) electrons. The van der Waals surface area contributed by atoms with Crippen molar-refractivity contribution in [2.75, 3.05) is 27.3 Å². The smallest absolute Gasteiger partial charge is 0.311 e. The van der Waals surface area contributed by atoms with Crippen molar-refractivity contribution in [1.29, 1.82) is 0 Å². The van der Waals surface area contributed by atoms with Crippen LogP contribution in [0.5, 0.6) is 11.5 Å². The molecule has 1 fully saturated rings. The average Bonchev–Trinajstić information content (AvgIpc) is 2.97. The summed E-state index contributed by atoms with van der Waals surface area (Å²) >= 11 is 0. The number of carbonyl (C=O) groups excluding carboxylic acids is 1. The summed E-state index contributed by atoms with van der Waals surface area (Å²) in [5.74, 6) is -0.0326. The highest BCUT2D eigenvalue weighted by Gasteiger charge is 2.42. The van der Waals surface area contributed by atoms with Gasteiger partial charge in [0.15, 0.2) is 11.5 Å². The Balaban J connectivity index is 2.35. The van der Waals surface area contributed by atoms with Gasteiger partial charge in [0, 0.05) is 24.2 Å². The summed E-state index contributed by atoms with van der Waals surface area (Å²) in [6.07, 6.45) is 2.71. The third-order valence-electron chi connectivity index (χ3n) is 4.44. The zero-order valence-electron chi connectivity index (χ0n) is 14.3. The van der Waals surface area contributed by atoms with E-state index in [0.29, 0.717) is 36.4 Å². The molecule has 0 aromatic heterocycles. The fraction of sp³-hybridized carbons (Fsp3) is 0.444. The van der Waals surface area contributed by atoms with Gasteiger partial charge in [-0.25, -0.2) is 0 Å². The van der Waals surface area contributed by atoms with Crippen LogP contribution in [0.3, 0.4) is 0 Å². The average molecular weight is 333 g/mol. The number of aliphatic carboxylic acids is 1. The van der Waals surface area contributed by atoms with Crippen molar-refractivity contribution in [1.82, 2.24) is 4.90 Å². The first-order valence-corrected chi connectivity index (χ1v) is 7.74. The Hall–Kier alpha value is -2.50. The molecule has 0 aliphatic carbocycles. The lowest BCUT2D eigenvalue weighted by molar-refractivity contribution is -0.147. The Morgan fingerprint density at radius 2 is 2.08 bits per heavy atom. The van der Waals surface area contributed by atoms with Crippen LogP contribution in [0.2, 0.25) is 0 Å². The van der Waals surface area contributed by atoms with E-state index in [1.54, 1.807) is 37.1 Å². The largest absolute Gasteiger partial charge is 0.493 e. The number of hydrogen-bond acceptors (Lipinski definition) is 4. The van der Waals surface area contributed by atoms with Gasteiger partial charge in [0.05, 0.1) is 19.6 Å². The molecule has 1 unspecified atom stereocenters. The topological polar surface area (TPSA) is 76.1 Å². The van der Waals surface area contributed by atoms with Gasteiger partial charge < -0.3 is 19.5 Å². The summed E-state index contributed by atoms with van der Waals surface area (Å²) in [7, 11) is 3.06. The summed E-state index contributed by atoms with van der Waals surface area (Å²) in [5.41, 5.74) is 0.366. The van der Waals surface area contributed by atoms with Crippen molar-refractivity contribution in [3.8, 4) is 11.5 Å². The number of ether oxygens (including phenoxy) is 2. The molecule has 1 aliphatic rings. The summed E-state index contributed by atoms with van der Waals surface area (Å²) in [5, 5.41) is 9.32. The molecule has 6 nitrogen and oxygen atoms in total. The van der Waals surface area contributed by atoms with Crippen LogP contribution in [0.4, 0.5) is 0 Å². The Morgan fingerprint density at radius 3 is 2.58 bits per heavy atom. The molecular weight excluding hydrogens is 310 g/mol. The highest BCUT2D eigenvalue weighted by Crippen LogP contribution is 2.35. The van der Waals surface area contributed by atoms with E-state index in [1.165, 1.54) is 7.11 Å². The van der Waals surface area contributed by atoms with Crippen LogP contribution in [-0.4, -0.2) is 49.2 Å². The fourth-order valence-corrected chi connectivity index (χ4v) is 2.97. The molecule has 130 valence electrons. The minimum atomic E-state index is -0.893. The standard InChI is InChI=1S/C18H23NO5/c1-5-6-12-9-13(10-14(23-3)15(12)24-4)16(20)19-8-7-18(2,11-19)17(21)22/h5,9-10H,1,6-8,11H2,2-4H3,(H,21,22). The van der Waals surface area contributed by atoms with Crippen molar-refractivity contribution in [3.63, 3.8) is 0 Å². The molecule has 1 N–H and O–H groups in total. The first-order valence-electron chi connectivity index (χ1n) is 7.74. The Morgan fingerprint density at radius 1 is 1.38 bits per heavy atom. The fourth-order valence-electron chi connectivity index (χ4n) is 2.97. The maximum absolute atomic E-state index is 12.8. The van der Waals surface area contributed by atoms with Crippen molar-refractivity contribution < 1.29 is 24.2 Å². The Bertz CT molecular complexity index is 670. The van der Waals surface area contributed by atoms with Gasteiger partial charge in [0.1, 0.15) is 0 Å². The van der Waals surface area contributed by atoms with E-state index in [4.69, 9.17) is 9.47 Å². The summed E-state index contributed by atoms with van der Waals surface area (Å²) in [4.78, 5) is 25.7. The van der Waals surface area contributed by atoms with Crippen LogP contribution in [0.25, 0.3) is 0 Å². The number of rotatable bonds is 6. The SMILES string of the molecule is C=CCc1cc(C(=O)N2CCC(C)(C(=O)O)C2)cc(OC)c1OC. The summed E-state index contributed by atoms with van der Waals surface area (Å²) in [6, 6.07) is 3.38. The molecule has 24 heavy (non-hydrogen) atoms. The van der Waals surface area contributed by atoms with Crippen LogP contribution >= 0.6 is 0 Å². The number of hydrogen-bond donors (Lipinski definition) is 1. The van der Waals surface area contributed by atoms with Crippen LogP contribution in [0, 0.1) is 5.41 Å². The number of allylic oxidation sites excluding steroid dienone is 1. The molecule has 0 saturated carbocycles. The highest BCUT2D eigenvalue weighted by molar-refractivity contribution is 5.96. The first kappa shape index (κ1) is 17.8. The third kappa shape index (κ3) is 3.22. The van der Waals surface area contributed by atoms with Gasteiger partial charge in [-0.1, -0.05) is 6.08 Å². The first-order chi connectivity index (χ1) is 11.4. The molecule has 0 bridgehead atoms. The monoisotopic (exact) mass is 333 g/mol. The van der Waals surface area contributed by atoms with Crippen LogP contribution in [0.1, 0.15) is 29.3 Å². The third-order valence-corrected chi connectivity index (χ3v) is 4.44. The van der Waals surface area contributed by atoms with Crippen LogP contribution in [-0.2, 0) is 11.2 Å². The molecule has 1 atom stereocenters. The zero-order valence-corrected chi connectivity index (χ0v) is 14.3. The molecule has 0 spiro atoms. The Labute approximate surface area is 141 Å². The summed E-state index contributed by atoms with van der Waals surface area (Å²) < 4.78 is 10.7. The van der Waals surface area contributed by atoms with Gasteiger partial charge in [-0.15, -0.1) is 6.58 Å². The second-order valence-electron chi connectivity index (χ2n) is 6.21. The van der Waals surface area contributed by atoms with E-state index in [9.17, 15) is 14.7 Å². The molecule has 1 aliphatic heterocycles. The van der Waals surface area contributed by atoms with Gasteiger partial charge in [0.2, 0.25) is 0 Å². The molecule has 1 aromatic rings. The minimum Gasteiger partial charge on any atom is -0.493 e. The van der Waals surface area contributed by atoms with Crippen molar-refractivity contribution in [3.05, 3.63) is 35.9 Å². The molecule has 1 heterocycles. The number of carboxylic acids is 1. The van der Waals surface area contributed by atoms with E-state index in [1.807, 2.05) is 0 Å². The van der Waals surface area contributed by atoms with Gasteiger partial charge in [-0.2, -0.15) is 0 Å².